The number of amides is 1. The first kappa shape index (κ1) is 12.6. The van der Waals surface area contributed by atoms with Gasteiger partial charge in [0.05, 0.1) is 10.6 Å². The molecule has 1 aromatic carbocycles. The Kier molecular flexibility index (Phi) is 3.29. The van der Waals surface area contributed by atoms with Crippen molar-refractivity contribution in [3.05, 3.63) is 56.5 Å². The minimum atomic E-state index is -0.430. The van der Waals surface area contributed by atoms with Crippen molar-refractivity contribution in [2.24, 2.45) is 0 Å². The van der Waals surface area contributed by atoms with Gasteiger partial charge in [0.1, 0.15) is 5.82 Å². The Morgan fingerprint density at radius 1 is 1.37 bits per heavy atom. The van der Waals surface area contributed by atoms with Crippen LogP contribution in [0.4, 0.5) is 4.39 Å². The number of thiophene rings is 1. The van der Waals surface area contributed by atoms with Crippen LogP contribution in [0.5, 0.6) is 0 Å². The monoisotopic (exact) mass is 295 g/mol. The van der Waals surface area contributed by atoms with Crippen molar-refractivity contribution in [1.29, 1.82) is 0 Å². The first-order valence-corrected chi connectivity index (χ1v) is 7.20. The average Bonchev–Trinajstić information content (AvgIpc) is 2.85. The molecule has 5 heteroatoms. The van der Waals surface area contributed by atoms with E-state index in [9.17, 15) is 9.18 Å². The molecule has 0 fully saturated rings. The van der Waals surface area contributed by atoms with Gasteiger partial charge in [0, 0.05) is 18.0 Å². The molecule has 0 spiro atoms. The molecule has 98 valence electrons. The number of halogens is 2. The molecule has 2 heterocycles. The van der Waals surface area contributed by atoms with Gasteiger partial charge < -0.3 is 4.90 Å². The molecule has 0 radical (unpaired) electrons. The lowest BCUT2D eigenvalue weighted by Crippen LogP contribution is -2.35. The summed E-state index contributed by atoms with van der Waals surface area (Å²) in [7, 11) is 0. The van der Waals surface area contributed by atoms with Crippen LogP contribution in [-0.4, -0.2) is 17.4 Å². The molecule has 0 aliphatic carbocycles. The summed E-state index contributed by atoms with van der Waals surface area (Å²) in [6.45, 7) is 1.28. The van der Waals surface area contributed by atoms with Crippen LogP contribution in [-0.2, 0) is 13.0 Å². The predicted molar refractivity (Wildman–Crippen MR) is 74.2 cm³/mol. The third-order valence-corrected chi connectivity index (χ3v) is 4.59. The summed E-state index contributed by atoms with van der Waals surface area (Å²) in [6.07, 6.45) is 0.873. The Balaban J connectivity index is 1.85. The molecule has 0 atom stereocenters. The van der Waals surface area contributed by atoms with E-state index in [0.29, 0.717) is 18.7 Å². The molecular weight excluding hydrogens is 285 g/mol. The van der Waals surface area contributed by atoms with E-state index >= 15 is 0 Å². The highest BCUT2D eigenvalue weighted by Gasteiger charge is 2.23. The van der Waals surface area contributed by atoms with Gasteiger partial charge in [0.15, 0.2) is 0 Å². The third-order valence-electron chi connectivity index (χ3n) is 3.26. The Morgan fingerprint density at radius 2 is 2.21 bits per heavy atom. The highest BCUT2D eigenvalue weighted by molar-refractivity contribution is 7.10. The Bertz CT molecular complexity index is 640. The van der Waals surface area contributed by atoms with Crippen molar-refractivity contribution in [3.8, 4) is 0 Å². The minimum Gasteiger partial charge on any atom is -0.334 e. The van der Waals surface area contributed by atoms with Gasteiger partial charge in [-0.05, 0) is 41.6 Å². The van der Waals surface area contributed by atoms with Crippen LogP contribution in [0.15, 0.2) is 29.6 Å². The van der Waals surface area contributed by atoms with Gasteiger partial charge in [-0.25, -0.2) is 4.39 Å². The maximum atomic E-state index is 13.0. The third kappa shape index (κ3) is 2.38. The van der Waals surface area contributed by atoms with Gasteiger partial charge in [0.2, 0.25) is 0 Å². The van der Waals surface area contributed by atoms with Crippen LogP contribution in [0.3, 0.4) is 0 Å². The van der Waals surface area contributed by atoms with Crippen molar-refractivity contribution in [2.75, 3.05) is 6.54 Å². The van der Waals surface area contributed by atoms with E-state index in [1.807, 2.05) is 11.4 Å². The quantitative estimate of drug-likeness (QED) is 0.785. The number of carbonyl (C=O) groups is 1. The SMILES string of the molecule is O=C(c1ccc(F)cc1Cl)N1CCc2sccc2C1. The summed E-state index contributed by atoms with van der Waals surface area (Å²) in [4.78, 5) is 15.5. The van der Waals surface area contributed by atoms with Crippen molar-refractivity contribution in [2.45, 2.75) is 13.0 Å². The smallest absolute Gasteiger partial charge is 0.255 e. The summed E-state index contributed by atoms with van der Waals surface area (Å²) >= 11 is 7.66. The molecular formula is C14H11ClFNOS. The van der Waals surface area contributed by atoms with Gasteiger partial charge in [-0.15, -0.1) is 11.3 Å². The number of hydrogen-bond acceptors (Lipinski definition) is 2. The molecule has 1 aromatic heterocycles. The second kappa shape index (κ2) is 4.94. The number of carbonyl (C=O) groups excluding carboxylic acids is 1. The van der Waals surface area contributed by atoms with E-state index in [1.54, 1.807) is 16.2 Å². The molecule has 1 aliphatic rings. The highest BCUT2D eigenvalue weighted by Crippen LogP contribution is 2.26. The maximum Gasteiger partial charge on any atom is 0.255 e. The van der Waals surface area contributed by atoms with Gasteiger partial charge in [-0.1, -0.05) is 11.6 Å². The molecule has 1 amide bonds. The zero-order valence-electron chi connectivity index (χ0n) is 10.0. The number of fused-ring (bicyclic) bond motifs is 1. The molecule has 0 saturated carbocycles. The number of hydrogen-bond donors (Lipinski definition) is 0. The topological polar surface area (TPSA) is 20.3 Å². The zero-order valence-corrected chi connectivity index (χ0v) is 11.6. The van der Waals surface area contributed by atoms with E-state index in [-0.39, 0.29) is 10.9 Å². The number of rotatable bonds is 1. The molecule has 3 rings (SSSR count). The van der Waals surface area contributed by atoms with Crippen molar-refractivity contribution >= 4 is 28.8 Å². The fourth-order valence-electron chi connectivity index (χ4n) is 2.26. The molecule has 0 N–H and O–H groups in total. The highest BCUT2D eigenvalue weighted by atomic mass is 35.5. The van der Waals surface area contributed by atoms with E-state index < -0.39 is 5.82 Å². The lowest BCUT2D eigenvalue weighted by Gasteiger charge is -2.27. The summed E-state index contributed by atoms with van der Waals surface area (Å²) < 4.78 is 13.0. The van der Waals surface area contributed by atoms with Crippen LogP contribution in [0, 0.1) is 5.82 Å². The van der Waals surface area contributed by atoms with Crippen LogP contribution >= 0.6 is 22.9 Å². The Hall–Kier alpha value is -1.39. The van der Waals surface area contributed by atoms with Crippen LogP contribution in [0.1, 0.15) is 20.8 Å². The normalized spacial score (nSPS) is 14.3. The molecule has 0 unspecified atom stereocenters. The maximum absolute atomic E-state index is 13.0. The first-order valence-electron chi connectivity index (χ1n) is 5.95. The summed E-state index contributed by atoms with van der Waals surface area (Å²) in [5, 5.41) is 2.21. The van der Waals surface area contributed by atoms with E-state index in [2.05, 4.69) is 0 Å². The summed E-state index contributed by atoms with van der Waals surface area (Å²) in [6, 6.07) is 5.93. The fourth-order valence-corrected chi connectivity index (χ4v) is 3.39. The van der Waals surface area contributed by atoms with E-state index in [0.717, 1.165) is 6.42 Å². The van der Waals surface area contributed by atoms with Gasteiger partial charge >= 0.3 is 0 Å². The standard InChI is InChI=1S/C14H11ClFNOS/c15-12-7-10(16)1-2-11(12)14(18)17-5-3-13-9(8-17)4-6-19-13/h1-2,4,6-7H,3,5,8H2. The van der Waals surface area contributed by atoms with Crippen molar-refractivity contribution in [1.82, 2.24) is 4.90 Å². The lowest BCUT2D eigenvalue weighted by atomic mass is 10.1. The van der Waals surface area contributed by atoms with E-state index in [4.69, 9.17) is 11.6 Å². The largest absolute Gasteiger partial charge is 0.334 e. The fraction of sp³-hybridized carbons (Fsp3) is 0.214. The molecule has 2 nitrogen and oxygen atoms in total. The molecule has 2 aromatic rings. The van der Waals surface area contributed by atoms with Gasteiger partial charge in [-0.3, -0.25) is 4.79 Å². The van der Waals surface area contributed by atoms with Crippen LogP contribution in [0.2, 0.25) is 5.02 Å². The van der Waals surface area contributed by atoms with Crippen molar-refractivity contribution in [3.63, 3.8) is 0 Å². The Labute approximate surface area is 119 Å². The predicted octanol–water partition coefficient (Wildman–Crippen LogP) is 3.74. The number of nitrogens with zero attached hydrogens (tertiary/aromatic N) is 1. The first-order chi connectivity index (χ1) is 9.15. The van der Waals surface area contributed by atoms with Crippen molar-refractivity contribution < 1.29 is 9.18 Å². The Morgan fingerprint density at radius 3 is 3.00 bits per heavy atom. The van der Waals surface area contributed by atoms with Gasteiger partial charge in [0.25, 0.3) is 5.91 Å². The van der Waals surface area contributed by atoms with Crippen LogP contribution < -0.4 is 0 Å². The van der Waals surface area contributed by atoms with E-state index in [1.165, 1.54) is 28.6 Å². The average molecular weight is 296 g/mol. The molecule has 19 heavy (non-hydrogen) atoms. The number of benzene rings is 1. The molecule has 0 bridgehead atoms. The van der Waals surface area contributed by atoms with Crippen LogP contribution in [0.25, 0.3) is 0 Å². The second-order valence-corrected chi connectivity index (χ2v) is 5.88. The minimum absolute atomic E-state index is 0.137. The molecule has 0 saturated heterocycles. The summed E-state index contributed by atoms with van der Waals surface area (Å²) in [5.41, 5.74) is 1.56. The zero-order chi connectivity index (χ0) is 13.4. The van der Waals surface area contributed by atoms with Gasteiger partial charge in [-0.2, -0.15) is 0 Å². The molecule has 1 aliphatic heterocycles. The lowest BCUT2D eigenvalue weighted by molar-refractivity contribution is 0.0736. The second-order valence-electron chi connectivity index (χ2n) is 4.47. The summed E-state index contributed by atoms with van der Waals surface area (Å²) in [5.74, 6) is -0.567.